The number of rotatable bonds is 21. The van der Waals surface area contributed by atoms with Crippen molar-refractivity contribution in [2.45, 2.75) is 134 Å². The summed E-state index contributed by atoms with van der Waals surface area (Å²) < 4.78 is 22.3. The third-order valence-corrected chi connectivity index (χ3v) is 8.60. The van der Waals surface area contributed by atoms with Crippen molar-refractivity contribution >= 4 is 17.6 Å². The van der Waals surface area contributed by atoms with E-state index in [-0.39, 0.29) is 30.6 Å². The Morgan fingerprint density at radius 2 is 1.17 bits per heavy atom. The number of carbonyl (C=O) groups is 3. The van der Waals surface area contributed by atoms with E-state index in [4.69, 9.17) is 18.9 Å². The molecule has 46 heavy (non-hydrogen) atoms. The summed E-state index contributed by atoms with van der Waals surface area (Å²) in [6.07, 6.45) is -3.43. The largest absolute Gasteiger partial charge is 0.394 e. The zero-order valence-electron chi connectivity index (χ0n) is 27.3. The van der Waals surface area contributed by atoms with Crippen LogP contribution < -0.4 is 10.6 Å². The summed E-state index contributed by atoms with van der Waals surface area (Å²) in [5.41, 5.74) is 0. The second kappa shape index (κ2) is 21.2. The normalized spacial score (nSPS) is 32.1. The summed E-state index contributed by atoms with van der Waals surface area (Å²) in [6.45, 7) is 4.93. The van der Waals surface area contributed by atoms with Crippen molar-refractivity contribution in [1.29, 1.82) is 0 Å². The van der Waals surface area contributed by atoms with Crippen LogP contribution in [0.1, 0.15) is 78.6 Å². The first-order chi connectivity index (χ1) is 21.9. The number of carbonyl (C=O) groups excluding carboxylic acids is 3. The third kappa shape index (κ3) is 13.0. The maximum atomic E-state index is 12.4. The molecule has 0 bridgehead atoms. The highest BCUT2D eigenvalue weighted by atomic mass is 16.7. The van der Waals surface area contributed by atoms with Gasteiger partial charge in [0.05, 0.1) is 31.5 Å². The lowest BCUT2D eigenvalue weighted by Gasteiger charge is -2.40. The zero-order valence-corrected chi connectivity index (χ0v) is 27.3. The molecule has 2 fully saturated rings. The minimum atomic E-state index is -1.19. The average molecular weight is 665 g/mol. The molecule has 2 rings (SSSR count). The van der Waals surface area contributed by atoms with Gasteiger partial charge in [-0.05, 0) is 51.9 Å². The van der Waals surface area contributed by atoms with Gasteiger partial charge in [-0.15, -0.1) is 0 Å². The van der Waals surface area contributed by atoms with E-state index in [2.05, 4.69) is 10.6 Å². The molecule has 0 aromatic heterocycles. The molecule has 2 aliphatic rings. The van der Waals surface area contributed by atoms with E-state index in [1.807, 2.05) is 0 Å². The predicted octanol–water partition coefficient (Wildman–Crippen LogP) is -1.13. The molecule has 11 atom stereocenters. The van der Waals surface area contributed by atoms with E-state index in [1.54, 1.807) is 13.8 Å². The number of ketones is 1. The fourth-order valence-corrected chi connectivity index (χ4v) is 5.43. The Morgan fingerprint density at radius 1 is 0.696 bits per heavy atom. The van der Waals surface area contributed by atoms with Crippen molar-refractivity contribution in [2.24, 2.45) is 11.8 Å². The number of amides is 2. The molecule has 0 aliphatic carbocycles. The monoisotopic (exact) mass is 664 g/mol. The van der Waals surface area contributed by atoms with Gasteiger partial charge < -0.3 is 60.2 Å². The summed E-state index contributed by atoms with van der Waals surface area (Å²) in [5, 5.41) is 64.2. The van der Waals surface area contributed by atoms with Crippen LogP contribution in [0.3, 0.4) is 0 Å². The Labute approximate surface area is 270 Å². The Kier molecular flexibility index (Phi) is 18.6. The Hall–Kier alpha value is -1.79. The van der Waals surface area contributed by atoms with Crippen LogP contribution in [0.25, 0.3) is 0 Å². The molecule has 15 heteroatoms. The molecule has 10 unspecified atom stereocenters. The van der Waals surface area contributed by atoms with Crippen molar-refractivity contribution in [3.8, 4) is 0 Å². The lowest BCUT2D eigenvalue weighted by molar-refractivity contribution is -0.282. The first-order valence-corrected chi connectivity index (χ1v) is 16.5. The molecule has 2 saturated heterocycles. The van der Waals surface area contributed by atoms with Crippen LogP contribution in [0, 0.1) is 11.8 Å². The minimum absolute atomic E-state index is 0.104. The van der Waals surface area contributed by atoms with Crippen molar-refractivity contribution in [3.63, 3.8) is 0 Å². The molecule has 2 amide bonds. The van der Waals surface area contributed by atoms with Crippen molar-refractivity contribution in [2.75, 3.05) is 33.0 Å². The number of nitrogens with one attached hydrogen (secondary N) is 2. The second-order valence-electron chi connectivity index (χ2n) is 12.4. The van der Waals surface area contributed by atoms with E-state index < -0.39 is 80.3 Å². The lowest BCUT2D eigenvalue weighted by Crippen LogP contribution is -2.55. The summed E-state index contributed by atoms with van der Waals surface area (Å²) in [4.78, 5) is 36.6. The maximum absolute atomic E-state index is 12.4. The molecule has 0 spiro atoms. The highest BCUT2D eigenvalue weighted by Gasteiger charge is 2.43. The molecular formula is C31H56N2O13. The van der Waals surface area contributed by atoms with Crippen LogP contribution in [0.4, 0.5) is 0 Å². The van der Waals surface area contributed by atoms with Gasteiger partial charge in [-0.25, -0.2) is 0 Å². The maximum Gasteiger partial charge on any atom is 0.220 e. The van der Waals surface area contributed by atoms with E-state index in [0.717, 1.165) is 0 Å². The minimum Gasteiger partial charge on any atom is -0.394 e. The van der Waals surface area contributed by atoms with Crippen molar-refractivity contribution in [1.82, 2.24) is 10.6 Å². The SMILES string of the molecule is CC(=O)[C@@H](CCCCNC(=O)CCCCOC1OC(CO)C(O)C(O)C1C)NC(=O)CCCCOC1OC(CO)C(O)C(O)C1C. The number of aliphatic hydroxyl groups excluding tert-OH is 6. The number of ether oxygens (including phenoxy) is 4. The van der Waals surface area contributed by atoms with E-state index >= 15 is 0 Å². The molecule has 8 N–H and O–H groups in total. The van der Waals surface area contributed by atoms with Gasteiger partial charge >= 0.3 is 0 Å². The third-order valence-electron chi connectivity index (χ3n) is 8.60. The standard InChI is InChI=1S/C31H56N2O13/c1-18-26(39)28(41)22(16-34)45-30(18)43-14-8-5-11-24(37)32-13-7-4-10-21(20(3)36)33-25(38)12-6-9-15-44-31-19(2)27(40)29(42)23(17-35)46-31/h18-19,21-23,26-31,34-35,39-42H,4-17H2,1-3H3,(H,32,37)(H,33,38)/t18?,19?,21-,22?,23?,26?,27?,28?,29?,30?,31?/m1/s1. The lowest BCUT2D eigenvalue weighted by atomic mass is 9.92. The summed E-state index contributed by atoms with van der Waals surface area (Å²) in [7, 11) is 0. The Balaban J connectivity index is 1.52. The first-order valence-electron chi connectivity index (χ1n) is 16.5. The van der Waals surface area contributed by atoms with Crippen LogP contribution >= 0.6 is 0 Å². The van der Waals surface area contributed by atoms with Crippen LogP contribution in [-0.4, -0.2) is 136 Å². The number of hydrogen-bond donors (Lipinski definition) is 8. The molecule has 2 aliphatic heterocycles. The predicted molar refractivity (Wildman–Crippen MR) is 163 cm³/mol. The van der Waals surface area contributed by atoms with Crippen LogP contribution in [0.15, 0.2) is 0 Å². The topological polar surface area (TPSA) is 234 Å². The molecular weight excluding hydrogens is 608 g/mol. The summed E-state index contributed by atoms with van der Waals surface area (Å²) in [6, 6.07) is -0.604. The van der Waals surface area contributed by atoms with Gasteiger partial charge in [0.1, 0.15) is 24.4 Å². The van der Waals surface area contributed by atoms with Crippen molar-refractivity contribution in [3.05, 3.63) is 0 Å². The fraction of sp³-hybridized carbons (Fsp3) is 0.903. The summed E-state index contributed by atoms with van der Waals surface area (Å²) in [5.74, 6) is -1.45. The molecule has 2 heterocycles. The average Bonchev–Trinajstić information content (AvgIpc) is 3.03. The van der Waals surface area contributed by atoms with Crippen molar-refractivity contribution < 1.29 is 64.0 Å². The molecule has 0 aromatic carbocycles. The molecule has 15 nitrogen and oxygen atoms in total. The van der Waals surface area contributed by atoms with E-state index in [0.29, 0.717) is 64.5 Å². The highest BCUT2D eigenvalue weighted by Crippen LogP contribution is 2.28. The molecule has 0 radical (unpaired) electrons. The van der Waals surface area contributed by atoms with Gasteiger partial charge in [0, 0.05) is 44.4 Å². The second-order valence-corrected chi connectivity index (χ2v) is 12.4. The molecule has 0 aromatic rings. The number of aliphatic hydroxyl groups is 6. The Morgan fingerprint density at radius 3 is 1.63 bits per heavy atom. The van der Waals surface area contributed by atoms with Gasteiger partial charge in [0.2, 0.25) is 11.8 Å². The molecule has 268 valence electrons. The first kappa shape index (κ1) is 40.4. The van der Waals surface area contributed by atoms with Gasteiger partial charge in [-0.3, -0.25) is 14.4 Å². The number of unbranched alkanes of at least 4 members (excludes halogenated alkanes) is 3. The van der Waals surface area contributed by atoms with E-state index in [1.165, 1.54) is 6.92 Å². The number of hydrogen-bond acceptors (Lipinski definition) is 13. The summed E-state index contributed by atoms with van der Waals surface area (Å²) >= 11 is 0. The van der Waals surface area contributed by atoms with Crippen LogP contribution in [0.2, 0.25) is 0 Å². The number of Topliss-reactive ketones (excluding diaryl/α,β-unsaturated/α-hetero) is 1. The van der Waals surface area contributed by atoms with Gasteiger partial charge in [0.25, 0.3) is 0 Å². The highest BCUT2D eigenvalue weighted by molar-refractivity contribution is 5.87. The fourth-order valence-electron chi connectivity index (χ4n) is 5.43. The van der Waals surface area contributed by atoms with Gasteiger partial charge in [0.15, 0.2) is 18.4 Å². The van der Waals surface area contributed by atoms with Crippen LogP contribution in [0.5, 0.6) is 0 Å². The Bertz CT molecular complexity index is 908. The van der Waals surface area contributed by atoms with E-state index in [9.17, 15) is 45.0 Å². The smallest absolute Gasteiger partial charge is 0.220 e. The molecule has 0 saturated carbocycles. The van der Waals surface area contributed by atoms with Gasteiger partial charge in [-0.1, -0.05) is 13.8 Å². The zero-order chi connectivity index (χ0) is 34.2. The van der Waals surface area contributed by atoms with Gasteiger partial charge in [-0.2, -0.15) is 0 Å². The quantitative estimate of drug-likeness (QED) is 0.0680. The van der Waals surface area contributed by atoms with Crippen LogP contribution in [-0.2, 0) is 33.3 Å².